The van der Waals surface area contributed by atoms with Gasteiger partial charge in [-0.3, -0.25) is 10.5 Å². The summed E-state index contributed by atoms with van der Waals surface area (Å²) in [6, 6.07) is 0. The fourth-order valence-electron chi connectivity index (χ4n) is 0.309. The number of aliphatic hydroxyl groups excluding tert-OH is 1. The summed E-state index contributed by atoms with van der Waals surface area (Å²) in [5.74, 6) is 0. The van der Waals surface area contributed by atoms with Crippen molar-refractivity contribution in [1.29, 1.82) is 0 Å². The lowest BCUT2D eigenvalue weighted by molar-refractivity contribution is -0.176. The summed E-state index contributed by atoms with van der Waals surface area (Å²) in [5.41, 5.74) is 0. The molecule has 0 atom stereocenters. The van der Waals surface area contributed by atoms with Gasteiger partial charge >= 0.3 is 0 Å². The molecule has 0 amide bonds. The van der Waals surface area contributed by atoms with Crippen LogP contribution in [0.1, 0.15) is 0 Å². The molecule has 0 saturated heterocycles. The highest BCUT2D eigenvalue weighted by Crippen LogP contribution is 1.72. The van der Waals surface area contributed by atoms with Crippen LogP contribution in [0.25, 0.3) is 0 Å². The van der Waals surface area contributed by atoms with Crippen LogP contribution in [-0.2, 0) is 9.47 Å². The van der Waals surface area contributed by atoms with Crippen molar-refractivity contribution in [3.63, 3.8) is 0 Å². The van der Waals surface area contributed by atoms with Crippen LogP contribution in [0, 0.1) is 0 Å². The molecule has 0 saturated carbocycles. The maximum atomic E-state index is 8.20. The number of hydrogen-bond donors (Lipinski definition) is 3. The van der Waals surface area contributed by atoms with E-state index in [-0.39, 0.29) is 6.61 Å². The molecule has 0 rings (SSSR count). The number of methoxy groups -OCH3 is 1. The Balaban J connectivity index is 0. The second kappa shape index (κ2) is 15.9. The third-order valence-corrected chi connectivity index (χ3v) is 0.667. The Kier molecular flexibility index (Phi) is 19.9. The Morgan fingerprint density at radius 2 is 1.70 bits per heavy atom. The van der Waals surface area contributed by atoms with Crippen LogP contribution in [0.4, 0.5) is 0 Å². The van der Waals surface area contributed by atoms with Crippen molar-refractivity contribution in [1.82, 2.24) is 0 Å². The molecule has 0 radical (unpaired) electrons. The van der Waals surface area contributed by atoms with Gasteiger partial charge in [0, 0.05) is 7.11 Å². The fraction of sp³-hybridized carbons (Fsp3) is 1.00. The van der Waals surface area contributed by atoms with Gasteiger partial charge in [-0.2, -0.15) is 0 Å². The molecule has 0 fully saturated rings. The van der Waals surface area contributed by atoms with E-state index in [2.05, 4.69) is 4.74 Å². The molecule has 0 aromatic heterocycles. The summed E-state index contributed by atoms with van der Waals surface area (Å²) in [7, 11) is 1.61. The van der Waals surface area contributed by atoms with Crippen LogP contribution in [-0.4, -0.2) is 49.2 Å². The topological polar surface area (TPSA) is 79.2 Å². The van der Waals surface area contributed by atoms with E-state index in [9.17, 15) is 0 Å². The highest BCUT2D eigenvalue weighted by molar-refractivity contribution is 4.26. The van der Waals surface area contributed by atoms with Crippen LogP contribution in [0.2, 0.25) is 0 Å². The van der Waals surface area contributed by atoms with Gasteiger partial charge in [0.15, 0.2) is 0 Å². The quantitative estimate of drug-likeness (QED) is 0.287. The van der Waals surface area contributed by atoms with Gasteiger partial charge in [0.1, 0.15) is 0 Å². The Morgan fingerprint density at radius 1 is 1.10 bits per heavy atom. The average Bonchev–Trinajstić information content (AvgIpc) is 2.02. The van der Waals surface area contributed by atoms with Crippen LogP contribution in [0.15, 0.2) is 0 Å². The van der Waals surface area contributed by atoms with Crippen molar-refractivity contribution in [2.75, 3.05) is 33.5 Å². The van der Waals surface area contributed by atoms with Crippen molar-refractivity contribution in [3.8, 4) is 0 Å². The number of ether oxygens (including phenoxy) is 2. The molecule has 64 valence electrons. The Morgan fingerprint density at radius 3 is 2.10 bits per heavy atom. The van der Waals surface area contributed by atoms with Gasteiger partial charge in [0.05, 0.1) is 26.4 Å². The monoisotopic (exact) mass is 154 g/mol. The van der Waals surface area contributed by atoms with Crippen molar-refractivity contribution >= 4 is 0 Å². The predicted molar refractivity (Wildman–Crippen MR) is 35.0 cm³/mol. The van der Waals surface area contributed by atoms with Crippen molar-refractivity contribution in [2.24, 2.45) is 0 Å². The summed E-state index contributed by atoms with van der Waals surface area (Å²) in [5, 5.41) is 20.2. The van der Waals surface area contributed by atoms with E-state index in [1.807, 2.05) is 0 Å². The van der Waals surface area contributed by atoms with E-state index in [0.717, 1.165) is 0 Å². The lowest BCUT2D eigenvalue weighted by Gasteiger charge is -1.98. The minimum atomic E-state index is 0.0870. The molecule has 0 bridgehead atoms. The summed E-state index contributed by atoms with van der Waals surface area (Å²) < 4.78 is 9.53. The third-order valence-electron chi connectivity index (χ3n) is 0.667. The van der Waals surface area contributed by atoms with E-state index in [1.165, 1.54) is 0 Å². The summed E-state index contributed by atoms with van der Waals surface area (Å²) in [6.07, 6.45) is 0. The standard InChI is InChI=1S/C5H12O3.H2O2/c1-7-4-5-8-3-2-6;1-2/h6H,2-5H2,1H3;1-2H. The summed E-state index contributed by atoms with van der Waals surface area (Å²) >= 11 is 0. The molecule has 5 nitrogen and oxygen atoms in total. The Hall–Kier alpha value is -0.200. The SMILES string of the molecule is COCCOCCO.OO. The number of aliphatic hydroxyl groups is 1. The van der Waals surface area contributed by atoms with E-state index in [1.54, 1.807) is 7.11 Å². The third kappa shape index (κ3) is 15.7. The van der Waals surface area contributed by atoms with Gasteiger partial charge in [-0.1, -0.05) is 0 Å². The molecule has 0 aliphatic heterocycles. The van der Waals surface area contributed by atoms with Crippen molar-refractivity contribution in [2.45, 2.75) is 0 Å². The van der Waals surface area contributed by atoms with Crippen LogP contribution < -0.4 is 0 Å². The zero-order valence-electron chi connectivity index (χ0n) is 5.99. The molecule has 10 heavy (non-hydrogen) atoms. The highest BCUT2D eigenvalue weighted by atomic mass is 17.0. The zero-order chi connectivity index (χ0) is 8.24. The highest BCUT2D eigenvalue weighted by Gasteiger charge is 1.82. The van der Waals surface area contributed by atoms with Crippen molar-refractivity contribution in [3.05, 3.63) is 0 Å². The summed E-state index contributed by atoms with van der Waals surface area (Å²) in [4.78, 5) is 0. The van der Waals surface area contributed by atoms with Gasteiger partial charge in [0.25, 0.3) is 0 Å². The first-order valence-electron chi connectivity index (χ1n) is 2.79. The second-order valence-electron chi connectivity index (χ2n) is 1.33. The second-order valence-corrected chi connectivity index (χ2v) is 1.33. The van der Waals surface area contributed by atoms with Crippen LogP contribution in [0.3, 0.4) is 0 Å². The van der Waals surface area contributed by atoms with Crippen LogP contribution in [0.5, 0.6) is 0 Å². The average molecular weight is 154 g/mol. The number of rotatable bonds is 5. The van der Waals surface area contributed by atoms with Crippen molar-refractivity contribution < 1.29 is 25.1 Å². The Bertz CT molecular complexity index is 35.0. The first-order chi connectivity index (χ1) is 4.91. The molecular formula is C5H14O5. The summed E-state index contributed by atoms with van der Waals surface area (Å²) in [6.45, 7) is 1.66. The maximum Gasteiger partial charge on any atom is 0.0701 e. The first kappa shape index (κ1) is 12.5. The normalized spacial score (nSPS) is 8.40. The lowest BCUT2D eigenvalue weighted by Crippen LogP contribution is -2.05. The molecule has 0 spiro atoms. The molecule has 0 aliphatic carbocycles. The first-order valence-corrected chi connectivity index (χ1v) is 2.79. The van der Waals surface area contributed by atoms with E-state index in [0.29, 0.717) is 19.8 Å². The minimum Gasteiger partial charge on any atom is -0.394 e. The van der Waals surface area contributed by atoms with Crippen LogP contribution >= 0.6 is 0 Å². The van der Waals surface area contributed by atoms with Gasteiger partial charge in [-0.15, -0.1) is 0 Å². The Labute approximate surface area is 59.7 Å². The van der Waals surface area contributed by atoms with Gasteiger partial charge in [-0.05, 0) is 0 Å². The smallest absolute Gasteiger partial charge is 0.0701 e. The van der Waals surface area contributed by atoms with Gasteiger partial charge in [0.2, 0.25) is 0 Å². The van der Waals surface area contributed by atoms with E-state index < -0.39 is 0 Å². The minimum absolute atomic E-state index is 0.0870. The predicted octanol–water partition coefficient (Wildman–Crippen LogP) is -0.341. The van der Waals surface area contributed by atoms with Gasteiger partial charge < -0.3 is 14.6 Å². The largest absolute Gasteiger partial charge is 0.394 e. The maximum absolute atomic E-state index is 8.20. The van der Waals surface area contributed by atoms with Gasteiger partial charge in [-0.25, -0.2) is 0 Å². The molecule has 3 N–H and O–H groups in total. The molecule has 0 unspecified atom stereocenters. The lowest BCUT2D eigenvalue weighted by atomic mass is 10.7. The molecule has 5 heteroatoms. The molecule has 0 aromatic carbocycles. The zero-order valence-corrected chi connectivity index (χ0v) is 5.99. The molecular weight excluding hydrogens is 140 g/mol. The van der Waals surface area contributed by atoms with E-state index >= 15 is 0 Å². The number of hydrogen-bond acceptors (Lipinski definition) is 5. The van der Waals surface area contributed by atoms with E-state index in [4.69, 9.17) is 20.4 Å². The molecule has 0 aromatic rings. The fourth-order valence-corrected chi connectivity index (χ4v) is 0.309. The molecule has 0 aliphatic rings. The molecule has 0 heterocycles.